The molecule has 1 fully saturated rings. The lowest BCUT2D eigenvalue weighted by molar-refractivity contribution is 0.101. The van der Waals surface area contributed by atoms with Crippen molar-refractivity contribution < 1.29 is 4.79 Å². The van der Waals surface area contributed by atoms with Crippen LogP contribution in [0, 0.1) is 13.8 Å². The van der Waals surface area contributed by atoms with Crippen molar-refractivity contribution in [1.29, 1.82) is 0 Å². The minimum Gasteiger partial charge on any atom is -0.295 e. The topological polar surface area (TPSA) is 17.1 Å². The second-order valence-electron chi connectivity index (χ2n) is 5.41. The predicted octanol–water partition coefficient (Wildman–Crippen LogP) is 4.55. The van der Waals surface area contributed by atoms with Gasteiger partial charge in [-0.05, 0) is 68.4 Å². The predicted molar refractivity (Wildman–Crippen MR) is 71.7 cm³/mol. The average Bonchev–Trinajstić information content (AvgIpc) is 2.29. The van der Waals surface area contributed by atoms with Gasteiger partial charge in [-0.15, -0.1) is 0 Å². The molecule has 1 heteroatoms. The van der Waals surface area contributed by atoms with E-state index in [1.165, 1.54) is 48.8 Å². The Balaban J connectivity index is 2.37. The molecule has 0 aromatic heterocycles. The lowest BCUT2D eigenvalue weighted by Crippen LogP contribution is -2.09. The third-order valence-electron chi connectivity index (χ3n) is 4.01. The van der Waals surface area contributed by atoms with Crippen molar-refractivity contribution in [2.24, 2.45) is 0 Å². The lowest BCUT2D eigenvalue weighted by Gasteiger charge is -2.25. The molecule has 2 rings (SSSR count). The van der Waals surface area contributed by atoms with Gasteiger partial charge < -0.3 is 0 Å². The van der Waals surface area contributed by atoms with Gasteiger partial charge in [0.1, 0.15) is 0 Å². The zero-order chi connectivity index (χ0) is 12.4. The van der Waals surface area contributed by atoms with Crippen LogP contribution in [0.25, 0.3) is 0 Å². The minimum absolute atomic E-state index is 0.173. The zero-order valence-electron chi connectivity index (χ0n) is 11.2. The van der Waals surface area contributed by atoms with Crippen LogP contribution >= 0.6 is 0 Å². The molecule has 0 spiro atoms. The Labute approximate surface area is 104 Å². The molecule has 0 atom stereocenters. The summed E-state index contributed by atoms with van der Waals surface area (Å²) in [4.78, 5) is 11.4. The van der Waals surface area contributed by atoms with Crippen molar-refractivity contribution in [1.82, 2.24) is 0 Å². The first kappa shape index (κ1) is 12.3. The van der Waals surface area contributed by atoms with E-state index in [2.05, 4.69) is 26.0 Å². The van der Waals surface area contributed by atoms with E-state index in [1.807, 2.05) is 0 Å². The Bertz CT molecular complexity index is 402. The first-order chi connectivity index (χ1) is 8.09. The highest BCUT2D eigenvalue weighted by Gasteiger charge is 2.19. The summed E-state index contributed by atoms with van der Waals surface area (Å²) in [6, 6.07) is 4.14. The molecule has 0 unspecified atom stereocenters. The third-order valence-corrected chi connectivity index (χ3v) is 4.01. The molecule has 17 heavy (non-hydrogen) atoms. The highest BCUT2D eigenvalue weighted by Crippen LogP contribution is 2.36. The van der Waals surface area contributed by atoms with E-state index in [4.69, 9.17) is 0 Å². The van der Waals surface area contributed by atoms with Crippen LogP contribution in [-0.4, -0.2) is 5.78 Å². The van der Waals surface area contributed by atoms with Crippen molar-refractivity contribution in [3.05, 3.63) is 34.4 Å². The molecule has 1 aromatic rings. The van der Waals surface area contributed by atoms with Crippen LogP contribution in [0.1, 0.15) is 72.0 Å². The average molecular weight is 230 g/mol. The number of hydrogen-bond donors (Lipinski definition) is 0. The van der Waals surface area contributed by atoms with E-state index in [9.17, 15) is 4.79 Å². The van der Waals surface area contributed by atoms with Gasteiger partial charge in [0.05, 0.1) is 0 Å². The fraction of sp³-hybridized carbons (Fsp3) is 0.562. The molecule has 0 bridgehead atoms. The fourth-order valence-electron chi connectivity index (χ4n) is 3.21. The molecule has 0 saturated heterocycles. The largest absolute Gasteiger partial charge is 0.295 e. The standard InChI is InChI=1S/C16H22O/c1-11-9-15(13(3)17)10-12(2)16(11)14-7-5-4-6-8-14/h9-10,14H,4-8H2,1-3H3. The zero-order valence-corrected chi connectivity index (χ0v) is 11.2. The molecule has 92 valence electrons. The van der Waals surface area contributed by atoms with Crippen LogP contribution in [0.4, 0.5) is 0 Å². The highest BCUT2D eigenvalue weighted by molar-refractivity contribution is 5.94. The Morgan fingerprint density at radius 1 is 1.06 bits per heavy atom. The molecule has 1 aliphatic carbocycles. The molecule has 1 saturated carbocycles. The second kappa shape index (κ2) is 5.03. The van der Waals surface area contributed by atoms with E-state index in [0.29, 0.717) is 0 Å². The summed E-state index contributed by atoms with van der Waals surface area (Å²) in [5.74, 6) is 0.899. The summed E-state index contributed by atoms with van der Waals surface area (Å²) in [6.07, 6.45) is 6.75. The monoisotopic (exact) mass is 230 g/mol. The van der Waals surface area contributed by atoms with Crippen LogP contribution < -0.4 is 0 Å². The summed E-state index contributed by atoms with van der Waals surface area (Å²) in [6.45, 7) is 5.96. The second-order valence-corrected chi connectivity index (χ2v) is 5.41. The Morgan fingerprint density at radius 3 is 2.06 bits per heavy atom. The van der Waals surface area contributed by atoms with Gasteiger partial charge in [0.2, 0.25) is 0 Å². The van der Waals surface area contributed by atoms with Crippen LogP contribution in [0.2, 0.25) is 0 Å². The highest BCUT2D eigenvalue weighted by atomic mass is 16.1. The molecule has 1 aromatic carbocycles. The van der Waals surface area contributed by atoms with Crippen LogP contribution in [0.15, 0.2) is 12.1 Å². The summed E-state index contributed by atoms with van der Waals surface area (Å²) < 4.78 is 0. The number of carbonyl (C=O) groups excluding carboxylic acids is 1. The van der Waals surface area contributed by atoms with Crippen LogP contribution in [-0.2, 0) is 0 Å². The summed E-state index contributed by atoms with van der Waals surface area (Å²) in [5, 5.41) is 0. The fourth-order valence-corrected chi connectivity index (χ4v) is 3.21. The van der Waals surface area contributed by atoms with E-state index in [-0.39, 0.29) is 5.78 Å². The molecule has 0 radical (unpaired) electrons. The number of Topliss-reactive ketones (excluding diaryl/α,β-unsaturated/α-hetero) is 1. The smallest absolute Gasteiger partial charge is 0.159 e. The minimum atomic E-state index is 0.173. The van der Waals surface area contributed by atoms with E-state index < -0.39 is 0 Å². The van der Waals surface area contributed by atoms with Gasteiger partial charge in [-0.3, -0.25) is 4.79 Å². The van der Waals surface area contributed by atoms with Crippen molar-refractivity contribution >= 4 is 5.78 Å². The normalized spacial score (nSPS) is 17.1. The summed E-state index contributed by atoms with van der Waals surface area (Å²) in [7, 11) is 0. The SMILES string of the molecule is CC(=O)c1cc(C)c(C2CCCCC2)c(C)c1. The van der Waals surface area contributed by atoms with Gasteiger partial charge >= 0.3 is 0 Å². The number of hydrogen-bond acceptors (Lipinski definition) is 1. The quantitative estimate of drug-likeness (QED) is 0.681. The number of ketones is 1. The molecule has 0 aliphatic heterocycles. The maximum absolute atomic E-state index is 11.4. The van der Waals surface area contributed by atoms with Gasteiger partial charge in [0, 0.05) is 5.56 Å². The van der Waals surface area contributed by atoms with Crippen LogP contribution in [0.5, 0.6) is 0 Å². The molecule has 0 N–H and O–H groups in total. The molecular formula is C16H22O. The Kier molecular flexibility index (Phi) is 3.66. The van der Waals surface area contributed by atoms with Crippen molar-refractivity contribution in [2.45, 2.75) is 58.8 Å². The van der Waals surface area contributed by atoms with Crippen LogP contribution in [0.3, 0.4) is 0 Å². The van der Waals surface area contributed by atoms with Gasteiger partial charge in [-0.25, -0.2) is 0 Å². The van der Waals surface area contributed by atoms with Crippen molar-refractivity contribution in [3.63, 3.8) is 0 Å². The summed E-state index contributed by atoms with van der Waals surface area (Å²) >= 11 is 0. The number of benzene rings is 1. The maximum Gasteiger partial charge on any atom is 0.159 e. The van der Waals surface area contributed by atoms with E-state index in [0.717, 1.165) is 11.5 Å². The molecule has 1 aliphatic rings. The van der Waals surface area contributed by atoms with Gasteiger partial charge in [0.25, 0.3) is 0 Å². The van der Waals surface area contributed by atoms with Gasteiger partial charge in [-0.1, -0.05) is 19.3 Å². The van der Waals surface area contributed by atoms with Crippen molar-refractivity contribution in [3.8, 4) is 0 Å². The molecule has 1 nitrogen and oxygen atoms in total. The lowest BCUT2D eigenvalue weighted by atomic mass is 9.79. The Hall–Kier alpha value is -1.11. The first-order valence-electron chi connectivity index (χ1n) is 6.71. The molecular weight excluding hydrogens is 208 g/mol. The van der Waals surface area contributed by atoms with Gasteiger partial charge in [0.15, 0.2) is 5.78 Å². The number of rotatable bonds is 2. The van der Waals surface area contributed by atoms with E-state index in [1.54, 1.807) is 6.92 Å². The van der Waals surface area contributed by atoms with Crippen molar-refractivity contribution in [2.75, 3.05) is 0 Å². The number of aryl methyl sites for hydroxylation is 2. The first-order valence-corrected chi connectivity index (χ1v) is 6.71. The third kappa shape index (κ3) is 2.59. The molecule has 0 amide bonds. The van der Waals surface area contributed by atoms with Gasteiger partial charge in [-0.2, -0.15) is 0 Å². The number of carbonyl (C=O) groups is 1. The molecule has 0 heterocycles. The Morgan fingerprint density at radius 2 is 1.59 bits per heavy atom. The van der Waals surface area contributed by atoms with E-state index >= 15 is 0 Å². The summed E-state index contributed by atoms with van der Waals surface area (Å²) in [5.41, 5.74) is 4.98. The maximum atomic E-state index is 11.4.